The van der Waals surface area contributed by atoms with Crippen LogP contribution < -0.4 is 15.2 Å². The first kappa shape index (κ1) is 33.9. The van der Waals surface area contributed by atoms with Gasteiger partial charge in [-0.3, -0.25) is 4.72 Å². The van der Waals surface area contributed by atoms with Gasteiger partial charge in [-0.25, -0.2) is 0 Å². The van der Waals surface area contributed by atoms with Crippen LogP contribution in [-0.2, 0) is 26.0 Å². The molecular weight excluding hydrogens is 581 g/mol. The van der Waals surface area contributed by atoms with Crippen molar-refractivity contribution >= 4 is 21.1 Å². The predicted molar refractivity (Wildman–Crippen MR) is 201 cm³/mol. The van der Waals surface area contributed by atoms with E-state index in [9.17, 15) is 0 Å². The summed E-state index contributed by atoms with van der Waals surface area (Å²) in [6.07, 6.45) is 19.3. The minimum Gasteiger partial charge on any atom is -0.489 e. The molecule has 0 amide bonds. The van der Waals surface area contributed by atoms with Crippen LogP contribution in [0.3, 0.4) is 0 Å². The van der Waals surface area contributed by atoms with Crippen LogP contribution in [0.5, 0.6) is 5.75 Å². The quantitative estimate of drug-likeness (QED) is 0.129. The Morgan fingerprint density at radius 3 is 2.39 bits per heavy atom. The number of rotatable bonds is 15. The van der Waals surface area contributed by atoms with Gasteiger partial charge in [0.05, 0.1) is 0 Å². The predicted octanol–water partition coefficient (Wildman–Crippen LogP) is 10.2. The number of benzene rings is 3. The maximum atomic E-state index is 6.34. The molecule has 242 valence electrons. The Morgan fingerprint density at radius 2 is 1.74 bits per heavy atom. The molecule has 3 nitrogen and oxygen atoms in total. The molecule has 3 N–H and O–H groups in total. The zero-order valence-corrected chi connectivity index (χ0v) is 28.9. The summed E-state index contributed by atoms with van der Waals surface area (Å²) in [4.78, 5) is 2.71. The molecule has 0 spiro atoms. The molecule has 46 heavy (non-hydrogen) atoms. The van der Waals surface area contributed by atoms with Crippen molar-refractivity contribution in [3.05, 3.63) is 142 Å². The summed E-state index contributed by atoms with van der Waals surface area (Å²) in [7, 11) is -0.194. The van der Waals surface area contributed by atoms with E-state index in [1.807, 2.05) is 0 Å². The van der Waals surface area contributed by atoms with Gasteiger partial charge in [0.25, 0.3) is 0 Å². The fourth-order valence-electron chi connectivity index (χ4n) is 6.28. The highest BCUT2D eigenvalue weighted by Gasteiger charge is 2.17. The molecule has 0 radical (unpaired) electrons. The highest BCUT2D eigenvalue weighted by atomic mass is 32.2. The Bertz CT molecular complexity index is 1590. The van der Waals surface area contributed by atoms with Gasteiger partial charge in [0.15, 0.2) is 0 Å². The number of nitrogens with one attached hydrogen (secondary N) is 1. The van der Waals surface area contributed by atoms with Crippen molar-refractivity contribution in [2.75, 3.05) is 6.54 Å². The van der Waals surface area contributed by atoms with Gasteiger partial charge in [0.1, 0.15) is 12.4 Å². The van der Waals surface area contributed by atoms with E-state index in [4.69, 9.17) is 10.5 Å². The molecule has 4 heteroatoms. The second kappa shape index (κ2) is 16.9. The monoisotopic (exact) mass is 632 g/mol. The van der Waals surface area contributed by atoms with E-state index in [0.717, 1.165) is 50.0 Å². The smallest absolute Gasteiger partial charge is 0.120 e. The van der Waals surface area contributed by atoms with Crippen molar-refractivity contribution in [2.24, 2.45) is 11.7 Å². The molecule has 2 unspecified atom stereocenters. The van der Waals surface area contributed by atoms with E-state index < -0.39 is 0 Å². The number of allylic oxidation sites excluding steroid dienone is 7. The van der Waals surface area contributed by atoms with E-state index in [0.29, 0.717) is 25.0 Å². The summed E-state index contributed by atoms with van der Waals surface area (Å²) in [6, 6.07) is 24.3. The molecule has 0 aliphatic heterocycles. The maximum absolute atomic E-state index is 6.34. The molecule has 0 bridgehead atoms. The summed E-state index contributed by atoms with van der Waals surface area (Å²) in [6.45, 7) is 13.0. The Morgan fingerprint density at radius 1 is 0.957 bits per heavy atom. The van der Waals surface area contributed by atoms with E-state index in [1.54, 1.807) is 0 Å². The topological polar surface area (TPSA) is 47.3 Å². The van der Waals surface area contributed by atoms with E-state index >= 15 is 0 Å². The van der Waals surface area contributed by atoms with Crippen LogP contribution in [0.15, 0.2) is 109 Å². The van der Waals surface area contributed by atoms with E-state index in [1.165, 1.54) is 56.0 Å². The lowest BCUT2D eigenvalue weighted by molar-refractivity contribution is 0.306. The molecule has 0 aromatic heterocycles. The first-order valence-electron chi connectivity index (χ1n) is 17.0. The zero-order valence-electron chi connectivity index (χ0n) is 28.1. The van der Waals surface area contributed by atoms with Gasteiger partial charge in [0.2, 0.25) is 0 Å². The van der Waals surface area contributed by atoms with Gasteiger partial charge in [-0.1, -0.05) is 116 Å². The summed E-state index contributed by atoms with van der Waals surface area (Å²) >= 11 is 0. The second-order valence-electron chi connectivity index (χ2n) is 13.0. The number of hydrogen-bond donors (Lipinski definition) is 2. The van der Waals surface area contributed by atoms with Crippen molar-refractivity contribution in [1.82, 2.24) is 4.72 Å². The van der Waals surface area contributed by atoms with Crippen molar-refractivity contribution in [2.45, 2.75) is 84.8 Å². The molecule has 0 fully saturated rings. The summed E-state index contributed by atoms with van der Waals surface area (Å²) in [5.74, 6) is 1.99. The van der Waals surface area contributed by atoms with Gasteiger partial charge in [0, 0.05) is 19.5 Å². The first-order chi connectivity index (χ1) is 22.4. The highest BCUT2D eigenvalue weighted by molar-refractivity contribution is 8.17. The largest absolute Gasteiger partial charge is 0.489 e. The average Bonchev–Trinajstić information content (AvgIpc) is 3.60. The number of nitrogens with two attached hydrogens (primary N) is 1. The van der Waals surface area contributed by atoms with Gasteiger partial charge in [-0.15, -0.1) is 0 Å². The molecule has 2 aliphatic rings. The maximum Gasteiger partial charge on any atom is 0.120 e. The van der Waals surface area contributed by atoms with Crippen LogP contribution in [0.2, 0.25) is 0 Å². The normalized spacial score (nSPS) is 16.8. The fraction of sp³-hybridized carbons (Fsp3) is 0.357. The van der Waals surface area contributed by atoms with Crippen LogP contribution in [-0.4, -0.2) is 11.4 Å². The Labute approximate surface area is 280 Å². The Kier molecular flexibility index (Phi) is 12.5. The third-order valence-corrected chi connectivity index (χ3v) is 11.1. The van der Waals surface area contributed by atoms with Crippen LogP contribution in [0.25, 0.3) is 5.57 Å². The minimum atomic E-state index is -0.194. The standard InChI is InChI=1S/C42H52N2OS/c1-31(2)36-18-16-35(17-19-36)30-45-41-23-22-39(40(27-41)29-43)28-42(26-34-10-8-9-11-34)46(32(3)4)44-25-24-33-14-20-38(21-15-33)37-12-6-5-7-13-37/h6,8,10,12-23,27,31,34,44H,3,5,7,9,11,24-26,28-30,43H2,1-2,4H3. The first-order valence-corrected chi connectivity index (χ1v) is 18.3. The Hall–Kier alpha value is -3.44. The summed E-state index contributed by atoms with van der Waals surface area (Å²) in [5, 5.41) is 0. The molecule has 0 saturated heterocycles. The molecule has 3 aromatic carbocycles. The lowest BCUT2D eigenvalue weighted by Crippen LogP contribution is -2.19. The van der Waals surface area contributed by atoms with Crippen LogP contribution in [0, 0.1) is 5.92 Å². The van der Waals surface area contributed by atoms with Crippen molar-refractivity contribution in [3.8, 4) is 5.75 Å². The van der Waals surface area contributed by atoms with Crippen molar-refractivity contribution in [3.63, 3.8) is 0 Å². The van der Waals surface area contributed by atoms with E-state index in [-0.39, 0.29) is 10.7 Å². The molecule has 3 aromatic rings. The molecule has 2 aliphatic carbocycles. The number of ether oxygens (including phenoxy) is 1. The highest BCUT2D eigenvalue weighted by Crippen LogP contribution is 2.31. The lowest BCUT2D eigenvalue weighted by Gasteiger charge is -2.22. The molecule has 0 saturated carbocycles. The van der Waals surface area contributed by atoms with Crippen molar-refractivity contribution < 1.29 is 4.74 Å². The van der Waals surface area contributed by atoms with Gasteiger partial charge in [-0.2, -0.15) is 0 Å². The SMILES string of the molecule is C=C(C)/S(NCCc1ccc(C2=CCCC=C2)cc1)=C(\Cc1ccc(OCc2ccc(C(C)C)cc2)cc1CN)CC1C=CCC1. The van der Waals surface area contributed by atoms with E-state index in [2.05, 4.69) is 129 Å². The fourth-order valence-corrected chi connectivity index (χ4v) is 8.21. The molecule has 2 atom stereocenters. The third kappa shape index (κ3) is 9.54. The average molecular weight is 633 g/mol. The zero-order chi connectivity index (χ0) is 32.3. The minimum absolute atomic E-state index is 0.194. The molecule has 5 rings (SSSR count). The van der Waals surface area contributed by atoms with Crippen LogP contribution in [0.4, 0.5) is 0 Å². The van der Waals surface area contributed by atoms with Gasteiger partial charge < -0.3 is 10.5 Å². The molecular formula is C42H52N2OS. The summed E-state index contributed by atoms with van der Waals surface area (Å²) < 4.78 is 10.1. The Balaban J connectivity index is 1.28. The van der Waals surface area contributed by atoms with Gasteiger partial charge >= 0.3 is 0 Å². The van der Waals surface area contributed by atoms with Crippen LogP contribution >= 0.6 is 10.7 Å². The second-order valence-corrected chi connectivity index (χ2v) is 15.2. The van der Waals surface area contributed by atoms with Gasteiger partial charge in [-0.05, 0) is 118 Å². The van der Waals surface area contributed by atoms with Crippen LogP contribution in [0.1, 0.15) is 92.2 Å². The third-order valence-electron chi connectivity index (χ3n) is 9.02. The lowest BCUT2D eigenvalue weighted by atomic mass is 9.96. The molecule has 0 heterocycles. The van der Waals surface area contributed by atoms with Crippen molar-refractivity contribution in [1.29, 1.82) is 0 Å². The number of hydrogen-bond acceptors (Lipinski definition) is 3. The summed E-state index contributed by atoms with van der Waals surface area (Å²) in [5.41, 5.74) is 15.3.